The van der Waals surface area contributed by atoms with Crippen LogP contribution < -0.4 is 5.32 Å². The molecule has 2 rings (SSSR count). The second kappa shape index (κ2) is 11.7. The number of hydrogen-bond donors (Lipinski definition) is 1. The summed E-state index contributed by atoms with van der Waals surface area (Å²) in [5, 5.41) is 12.5. The Morgan fingerprint density at radius 3 is 2.48 bits per heavy atom. The second-order valence-corrected chi connectivity index (χ2v) is 8.42. The number of rotatable bonds is 8. The predicted molar refractivity (Wildman–Crippen MR) is 119 cm³/mol. The highest BCUT2D eigenvalue weighted by molar-refractivity contribution is 5.99. The van der Waals surface area contributed by atoms with Crippen LogP contribution >= 0.6 is 0 Å². The average Bonchev–Trinajstić information content (AvgIpc) is 2.88. The van der Waals surface area contributed by atoms with Crippen molar-refractivity contribution in [2.45, 2.75) is 84.4 Å². The van der Waals surface area contributed by atoms with Crippen molar-refractivity contribution in [1.82, 2.24) is 9.88 Å². The van der Waals surface area contributed by atoms with Gasteiger partial charge in [0, 0.05) is 24.5 Å². The molecule has 0 saturated heterocycles. The third-order valence-corrected chi connectivity index (χ3v) is 5.87. The van der Waals surface area contributed by atoms with Gasteiger partial charge in [0.2, 0.25) is 0 Å². The number of nitrogens with zero attached hydrogens (tertiary/aromatic N) is 2. The lowest BCUT2D eigenvalue weighted by Gasteiger charge is -2.19. The van der Waals surface area contributed by atoms with E-state index < -0.39 is 12.1 Å². The zero-order chi connectivity index (χ0) is 23.0. The quantitative estimate of drug-likeness (QED) is 0.292. The van der Waals surface area contributed by atoms with Crippen LogP contribution in [0.3, 0.4) is 0 Å². The van der Waals surface area contributed by atoms with Crippen LogP contribution in [-0.2, 0) is 19.1 Å². The molecule has 0 spiro atoms. The molecule has 0 bridgehead atoms. The summed E-state index contributed by atoms with van der Waals surface area (Å²) < 4.78 is 12.7. The number of esters is 1. The number of hydrogen-bond acceptors (Lipinski definition) is 5. The molecule has 1 heterocycles. The first-order valence-corrected chi connectivity index (χ1v) is 11.1. The maximum absolute atomic E-state index is 12.6. The van der Waals surface area contributed by atoms with Crippen LogP contribution in [0.5, 0.6) is 0 Å². The summed E-state index contributed by atoms with van der Waals surface area (Å²) in [7, 11) is 1.66. The van der Waals surface area contributed by atoms with E-state index in [1.807, 2.05) is 32.9 Å². The number of aromatic nitrogens is 1. The molecule has 31 heavy (non-hydrogen) atoms. The van der Waals surface area contributed by atoms with Crippen molar-refractivity contribution in [2.75, 3.05) is 13.7 Å². The Kier molecular flexibility index (Phi) is 9.32. The van der Waals surface area contributed by atoms with Crippen LogP contribution in [0, 0.1) is 25.2 Å². The Labute approximate surface area is 185 Å². The first-order chi connectivity index (χ1) is 14.8. The minimum Gasteiger partial charge on any atom is -0.448 e. The molecule has 170 valence electrons. The molecule has 1 aromatic rings. The van der Waals surface area contributed by atoms with Gasteiger partial charge >= 0.3 is 5.97 Å². The molecular formula is C24H35N3O4. The molecule has 0 radical (unpaired) electrons. The maximum Gasteiger partial charge on any atom is 0.349 e. The second-order valence-electron chi connectivity index (χ2n) is 8.42. The molecule has 1 fully saturated rings. The van der Waals surface area contributed by atoms with Crippen molar-refractivity contribution in [3.05, 3.63) is 28.6 Å². The Morgan fingerprint density at radius 1 is 1.26 bits per heavy atom. The molecule has 1 aliphatic carbocycles. The summed E-state index contributed by atoms with van der Waals surface area (Å²) in [6.07, 6.45) is 7.05. The lowest BCUT2D eigenvalue weighted by atomic mass is 10.1. The first kappa shape index (κ1) is 24.7. The number of nitrogens with one attached hydrogen (secondary N) is 1. The van der Waals surface area contributed by atoms with Gasteiger partial charge in [-0.3, -0.25) is 4.79 Å². The zero-order valence-electron chi connectivity index (χ0n) is 19.4. The van der Waals surface area contributed by atoms with Crippen molar-refractivity contribution in [3.63, 3.8) is 0 Å². The molecule has 0 unspecified atom stereocenters. The number of methoxy groups -OCH3 is 1. The molecule has 0 aromatic carbocycles. The average molecular weight is 430 g/mol. The van der Waals surface area contributed by atoms with E-state index in [-0.39, 0.29) is 23.6 Å². The van der Waals surface area contributed by atoms with Gasteiger partial charge in [-0.25, -0.2) is 4.79 Å². The highest BCUT2D eigenvalue weighted by atomic mass is 16.5. The largest absolute Gasteiger partial charge is 0.448 e. The summed E-state index contributed by atoms with van der Waals surface area (Å²) in [5.41, 5.74) is 2.58. The lowest BCUT2D eigenvalue weighted by Crippen LogP contribution is -2.42. The van der Waals surface area contributed by atoms with Crippen molar-refractivity contribution < 1.29 is 19.1 Å². The third kappa shape index (κ3) is 6.70. The topological polar surface area (TPSA) is 93.3 Å². The molecule has 7 heteroatoms. The zero-order valence-corrected chi connectivity index (χ0v) is 19.4. The van der Waals surface area contributed by atoms with Gasteiger partial charge in [0.1, 0.15) is 11.6 Å². The summed E-state index contributed by atoms with van der Waals surface area (Å²) in [6.45, 7) is 8.05. The van der Waals surface area contributed by atoms with Gasteiger partial charge in [-0.15, -0.1) is 0 Å². The molecular weight excluding hydrogens is 394 g/mol. The van der Waals surface area contributed by atoms with Crippen molar-refractivity contribution in [2.24, 2.45) is 0 Å². The monoisotopic (exact) mass is 429 g/mol. The number of ether oxygens (including phenoxy) is 2. The molecule has 1 amide bonds. The Morgan fingerprint density at radius 2 is 1.90 bits per heavy atom. The van der Waals surface area contributed by atoms with E-state index in [1.54, 1.807) is 7.11 Å². The molecule has 1 saturated carbocycles. The van der Waals surface area contributed by atoms with Gasteiger partial charge in [0.05, 0.1) is 12.6 Å². The number of amides is 1. The fourth-order valence-electron chi connectivity index (χ4n) is 4.25. The summed E-state index contributed by atoms with van der Waals surface area (Å²) >= 11 is 0. The summed E-state index contributed by atoms with van der Waals surface area (Å²) in [6, 6.07) is 4.09. The number of carbonyl (C=O) groups excluding carboxylic acids is 2. The normalized spacial score (nSPS) is 17.4. The van der Waals surface area contributed by atoms with Gasteiger partial charge < -0.3 is 19.4 Å². The first-order valence-electron chi connectivity index (χ1n) is 11.1. The van der Waals surface area contributed by atoms with E-state index >= 15 is 0 Å². The van der Waals surface area contributed by atoms with Crippen LogP contribution in [0.2, 0.25) is 0 Å². The van der Waals surface area contributed by atoms with Crippen LogP contribution in [0.25, 0.3) is 6.08 Å². The van der Waals surface area contributed by atoms with Crippen molar-refractivity contribution >= 4 is 18.0 Å². The standard InChI is InChI=1S/C24H35N3O4/c1-16-12-20(18(3)27(16)17(2)15-30-5)13-21(14-25)24(29)31-19(4)23(28)26-22-10-8-6-7-9-11-22/h12-13,17,19,22H,6-11,15H2,1-5H3,(H,26,28)/b21-13+/t17-,19+/m1/s1. The van der Waals surface area contributed by atoms with E-state index in [0.717, 1.165) is 42.6 Å². The fourth-order valence-corrected chi connectivity index (χ4v) is 4.25. The molecule has 2 atom stereocenters. The molecule has 1 aliphatic rings. The van der Waals surface area contributed by atoms with Crippen molar-refractivity contribution in [3.8, 4) is 6.07 Å². The predicted octanol–water partition coefficient (Wildman–Crippen LogP) is 3.99. The van der Waals surface area contributed by atoms with Crippen LogP contribution in [-0.4, -0.2) is 42.3 Å². The van der Waals surface area contributed by atoms with E-state index in [9.17, 15) is 14.9 Å². The highest BCUT2D eigenvalue weighted by Gasteiger charge is 2.24. The summed E-state index contributed by atoms with van der Waals surface area (Å²) in [5.74, 6) is -1.11. The van der Waals surface area contributed by atoms with Crippen molar-refractivity contribution in [1.29, 1.82) is 5.26 Å². The van der Waals surface area contributed by atoms with E-state index in [0.29, 0.717) is 6.61 Å². The minimum absolute atomic E-state index is 0.123. The van der Waals surface area contributed by atoms with Gasteiger partial charge in [0.15, 0.2) is 6.10 Å². The fraction of sp³-hybridized carbons (Fsp3) is 0.625. The van der Waals surface area contributed by atoms with Crippen LogP contribution in [0.15, 0.2) is 11.6 Å². The maximum atomic E-state index is 12.6. The molecule has 7 nitrogen and oxygen atoms in total. The van der Waals surface area contributed by atoms with Gasteiger partial charge in [-0.05, 0) is 58.2 Å². The summed E-state index contributed by atoms with van der Waals surface area (Å²) in [4.78, 5) is 25.0. The lowest BCUT2D eigenvalue weighted by molar-refractivity contribution is -0.151. The van der Waals surface area contributed by atoms with Gasteiger partial charge in [-0.1, -0.05) is 25.7 Å². The van der Waals surface area contributed by atoms with E-state index in [4.69, 9.17) is 9.47 Å². The number of aryl methyl sites for hydroxylation is 1. The number of carbonyl (C=O) groups is 2. The smallest absolute Gasteiger partial charge is 0.349 e. The van der Waals surface area contributed by atoms with E-state index in [2.05, 4.69) is 9.88 Å². The Balaban J connectivity index is 2.07. The van der Waals surface area contributed by atoms with Gasteiger partial charge in [0.25, 0.3) is 5.91 Å². The highest BCUT2D eigenvalue weighted by Crippen LogP contribution is 2.23. The van der Waals surface area contributed by atoms with Gasteiger partial charge in [-0.2, -0.15) is 5.26 Å². The van der Waals surface area contributed by atoms with Crippen LogP contribution in [0.1, 0.15) is 75.4 Å². The molecule has 1 aromatic heterocycles. The Bertz CT molecular complexity index is 842. The number of nitriles is 1. The van der Waals surface area contributed by atoms with E-state index in [1.165, 1.54) is 25.8 Å². The SMILES string of the molecule is COC[C@@H](C)n1c(C)cc(/C=C(\C#N)C(=O)O[C@@H](C)C(=O)NC2CCCCCC2)c1C. The third-order valence-electron chi connectivity index (χ3n) is 5.87. The Hall–Kier alpha value is -2.59. The minimum atomic E-state index is -0.957. The molecule has 1 N–H and O–H groups in total. The molecule has 0 aliphatic heterocycles. The van der Waals surface area contributed by atoms with Crippen LogP contribution in [0.4, 0.5) is 0 Å².